The van der Waals surface area contributed by atoms with Crippen LogP contribution in [0.1, 0.15) is 25.6 Å². The van der Waals surface area contributed by atoms with Gasteiger partial charge in [0.25, 0.3) is 0 Å². The highest BCUT2D eigenvalue weighted by molar-refractivity contribution is 9.10. The van der Waals surface area contributed by atoms with Gasteiger partial charge < -0.3 is 0 Å². The normalized spacial score (nSPS) is 11.2. The molecule has 17 heavy (non-hydrogen) atoms. The van der Waals surface area contributed by atoms with Gasteiger partial charge in [-0.15, -0.1) is 10.2 Å². The topological polar surface area (TPSA) is 30.7 Å². The van der Waals surface area contributed by atoms with E-state index in [1.807, 2.05) is 26.0 Å². The van der Waals surface area contributed by atoms with Gasteiger partial charge in [-0.25, -0.2) is 0 Å². The van der Waals surface area contributed by atoms with Gasteiger partial charge >= 0.3 is 0 Å². The Morgan fingerprint density at radius 1 is 1.24 bits per heavy atom. The van der Waals surface area contributed by atoms with Gasteiger partial charge in [-0.2, -0.15) is 0 Å². The molecule has 0 aliphatic rings. The summed E-state index contributed by atoms with van der Waals surface area (Å²) in [5.74, 6) is 1.00. The molecule has 0 aliphatic carbocycles. The monoisotopic (exact) mass is 333 g/mol. The predicted molar refractivity (Wildman–Crippen MR) is 73.2 cm³/mol. The maximum absolute atomic E-state index is 6.18. The van der Waals surface area contributed by atoms with Crippen LogP contribution in [-0.2, 0) is 0 Å². The molecule has 6 heteroatoms. The van der Waals surface area contributed by atoms with Crippen molar-refractivity contribution in [2.45, 2.75) is 19.8 Å². The summed E-state index contributed by atoms with van der Waals surface area (Å²) < 4.78 is 2.69. The van der Waals surface area contributed by atoms with Crippen LogP contribution in [0.5, 0.6) is 0 Å². The van der Waals surface area contributed by atoms with Gasteiger partial charge in [0.1, 0.15) is 5.82 Å². The van der Waals surface area contributed by atoms with E-state index in [0.29, 0.717) is 10.3 Å². The third-order valence-electron chi connectivity index (χ3n) is 2.31. The molecule has 1 aromatic carbocycles. The van der Waals surface area contributed by atoms with Crippen LogP contribution in [0.2, 0.25) is 10.3 Å². The van der Waals surface area contributed by atoms with Crippen molar-refractivity contribution in [2.75, 3.05) is 0 Å². The highest BCUT2D eigenvalue weighted by Crippen LogP contribution is 2.29. The van der Waals surface area contributed by atoms with Crippen molar-refractivity contribution in [3.8, 4) is 5.69 Å². The Labute approximate surface area is 118 Å². The largest absolute Gasteiger partial charge is 0.268 e. The van der Waals surface area contributed by atoms with Crippen LogP contribution >= 0.6 is 39.1 Å². The van der Waals surface area contributed by atoms with Crippen molar-refractivity contribution in [3.63, 3.8) is 0 Å². The Morgan fingerprint density at radius 3 is 2.59 bits per heavy atom. The van der Waals surface area contributed by atoms with E-state index in [2.05, 4.69) is 26.1 Å². The van der Waals surface area contributed by atoms with Crippen molar-refractivity contribution in [1.29, 1.82) is 0 Å². The van der Waals surface area contributed by atoms with Crippen molar-refractivity contribution < 1.29 is 0 Å². The number of aromatic nitrogens is 3. The first-order valence-corrected chi connectivity index (χ1v) is 6.62. The zero-order chi connectivity index (χ0) is 12.6. The van der Waals surface area contributed by atoms with Crippen molar-refractivity contribution >= 4 is 39.1 Å². The lowest BCUT2D eigenvalue weighted by atomic mass is 10.2. The Bertz CT molecular complexity index is 552. The van der Waals surface area contributed by atoms with Gasteiger partial charge in [0.05, 0.1) is 10.7 Å². The average molecular weight is 335 g/mol. The Hall–Kier alpha value is -0.580. The first-order chi connectivity index (χ1) is 8.00. The summed E-state index contributed by atoms with van der Waals surface area (Å²) in [5, 5.41) is 8.88. The van der Waals surface area contributed by atoms with Crippen LogP contribution in [0.4, 0.5) is 0 Å². The fourth-order valence-corrected chi connectivity index (χ4v) is 2.30. The minimum Gasteiger partial charge on any atom is -0.268 e. The number of benzene rings is 1. The first kappa shape index (κ1) is 12.9. The second kappa shape index (κ2) is 4.96. The standard InChI is InChI=1S/C11H10BrCl2N3/c1-6(2)10-15-16-11(14)17(10)9-5-7(12)3-4-8(9)13/h3-6H,1-2H3. The van der Waals surface area contributed by atoms with Gasteiger partial charge in [0.2, 0.25) is 5.28 Å². The minimum atomic E-state index is 0.213. The summed E-state index contributed by atoms with van der Waals surface area (Å²) in [6.07, 6.45) is 0. The summed E-state index contributed by atoms with van der Waals surface area (Å²) in [6.45, 7) is 4.06. The second-order valence-electron chi connectivity index (χ2n) is 3.91. The van der Waals surface area contributed by atoms with Gasteiger partial charge in [-0.1, -0.05) is 41.4 Å². The van der Waals surface area contributed by atoms with Crippen molar-refractivity contribution in [2.24, 2.45) is 0 Å². The first-order valence-electron chi connectivity index (χ1n) is 5.07. The van der Waals surface area contributed by atoms with Crippen LogP contribution in [0.25, 0.3) is 5.69 Å². The molecule has 2 aromatic rings. The average Bonchev–Trinajstić information content (AvgIpc) is 2.64. The number of halogens is 3. The predicted octanol–water partition coefficient (Wildman–Crippen LogP) is 4.46. The Morgan fingerprint density at radius 2 is 1.94 bits per heavy atom. The molecule has 0 aliphatic heterocycles. The van der Waals surface area contributed by atoms with E-state index in [9.17, 15) is 0 Å². The fraction of sp³-hybridized carbons (Fsp3) is 0.273. The summed E-state index contributed by atoms with van der Waals surface area (Å²) in [4.78, 5) is 0. The van der Waals surface area contributed by atoms with Gasteiger partial charge in [0.15, 0.2) is 0 Å². The summed E-state index contributed by atoms with van der Waals surface area (Å²) in [6, 6.07) is 5.57. The number of hydrogen-bond donors (Lipinski definition) is 0. The zero-order valence-corrected chi connectivity index (χ0v) is 12.4. The van der Waals surface area contributed by atoms with Crippen LogP contribution in [0, 0.1) is 0 Å². The van der Waals surface area contributed by atoms with E-state index < -0.39 is 0 Å². The van der Waals surface area contributed by atoms with Gasteiger partial charge in [0, 0.05) is 10.4 Å². The molecule has 3 nitrogen and oxygen atoms in total. The Kier molecular flexibility index (Phi) is 3.76. The lowest BCUT2D eigenvalue weighted by molar-refractivity contribution is 0.745. The molecule has 90 valence electrons. The second-order valence-corrected chi connectivity index (χ2v) is 5.57. The molecule has 0 radical (unpaired) electrons. The molecule has 0 fully saturated rings. The van der Waals surface area contributed by atoms with Gasteiger partial charge in [-0.3, -0.25) is 4.57 Å². The molecule has 0 saturated heterocycles. The van der Waals surface area contributed by atoms with E-state index in [0.717, 1.165) is 16.0 Å². The third-order valence-corrected chi connectivity index (χ3v) is 3.37. The molecule has 0 N–H and O–H groups in total. The summed E-state index contributed by atoms with van der Waals surface area (Å²) in [7, 11) is 0. The zero-order valence-electron chi connectivity index (χ0n) is 9.28. The SMILES string of the molecule is CC(C)c1nnc(Cl)n1-c1cc(Br)ccc1Cl. The Balaban J connectivity index is 2.67. The molecule has 2 rings (SSSR count). The van der Waals surface area contributed by atoms with Crippen molar-refractivity contribution in [1.82, 2.24) is 14.8 Å². The number of rotatable bonds is 2. The van der Waals surface area contributed by atoms with E-state index in [-0.39, 0.29) is 5.92 Å². The molecule has 0 atom stereocenters. The smallest absolute Gasteiger partial charge is 0.229 e. The number of nitrogens with zero attached hydrogens (tertiary/aromatic N) is 3. The van der Waals surface area contributed by atoms with E-state index in [4.69, 9.17) is 23.2 Å². The molecule has 0 bridgehead atoms. The lowest BCUT2D eigenvalue weighted by Crippen LogP contribution is -2.04. The van der Waals surface area contributed by atoms with Crippen LogP contribution in [0.15, 0.2) is 22.7 Å². The summed E-state index contributed by atoms with van der Waals surface area (Å²) >= 11 is 15.7. The molecule has 1 aromatic heterocycles. The summed E-state index contributed by atoms with van der Waals surface area (Å²) in [5.41, 5.74) is 0.778. The number of hydrogen-bond acceptors (Lipinski definition) is 2. The molecule has 0 amide bonds. The maximum atomic E-state index is 6.18. The maximum Gasteiger partial charge on any atom is 0.229 e. The molecule has 0 unspecified atom stereocenters. The van der Waals surface area contributed by atoms with Crippen LogP contribution in [-0.4, -0.2) is 14.8 Å². The molecule has 0 spiro atoms. The lowest BCUT2D eigenvalue weighted by Gasteiger charge is -2.11. The highest BCUT2D eigenvalue weighted by atomic mass is 79.9. The van der Waals surface area contributed by atoms with Gasteiger partial charge in [-0.05, 0) is 29.8 Å². The molecule has 0 saturated carbocycles. The molecule has 1 heterocycles. The van der Waals surface area contributed by atoms with Crippen molar-refractivity contribution in [3.05, 3.63) is 38.8 Å². The highest BCUT2D eigenvalue weighted by Gasteiger charge is 2.17. The van der Waals surface area contributed by atoms with E-state index >= 15 is 0 Å². The van der Waals surface area contributed by atoms with Crippen LogP contribution in [0.3, 0.4) is 0 Å². The van der Waals surface area contributed by atoms with E-state index in [1.54, 1.807) is 10.6 Å². The molecular formula is C11H10BrCl2N3. The third kappa shape index (κ3) is 2.49. The minimum absolute atomic E-state index is 0.213. The quantitative estimate of drug-likeness (QED) is 0.811. The fourth-order valence-electron chi connectivity index (χ4n) is 1.53. The van der Waals surface area contributed by atoms with E-state index in [1.165, 1.54) is 0 Å². The van der Waals surface area contributed by atoms with Crippen LogP contribution < -0.4 is 0 Å². The molecular weight excluding hydrogens is 325 g/mol.